The number of benzene rings is 2. The zero-order chi connectivity index (χ0) is 15.8. The summed E-state index contributed by atoms with van der Waals surface area (Å²) >= 11 is 5.86. The molecule has 0 fully saturated rings. The number of anilines is 2. The Balaban J connectivity index is 2.46. The van der Waals surface area contributed by atoms with Crippen molar-refractivity contribution in [1.29, 1.82) is 0 Å². The maximum absolute atomic E-state index is 13.5. The van der Waals surface area contributed by atoms with Crippen molar-refractivity contribution in [2.24, 2.45) is 0 Å². The molecule has 3 N–H and O–H groups in total. The van der Waals surface area contributed by atoms with Gasteiger partial charge in [0, 0.05) is 6.07 Å². The van der Waals surface area contributed by atoms with Crippen LogP contribution < -0.4 is 10.5 Å². The monoisotopic (exact) mass is 332 g/mol. The maximum atomic E-state index is 13.5. The van der Waals surface area contributed by atoms with Crippen LogP contribution >= 0.6 is 11.6 Å². The third-order valence-electron chi connectivity index (χ3n) is 2.74. The lowest BCUT2D eigenvalue weighted by Gasteiger charge is -2.11. The van der Waals surface area contributed by atoms with E-state index in [0.717, 1.165) is 24.3 Å². The minimum Gasteiger partial charge on any atom is -0.397 e. The minimum absolute atomic E-state index is 0.0803. The zero-order valence-corrected chi connectivity index (χ0v) is 12.4. The van der Waals surface area contributed by atoms with Gasteiger partial charge in [-0.25, -0.2) is 17.2 Å². The van der Waals surface area contributed by atoms with Crippen molar-refractivity contribution >= 4 is 33.0 Å². The standard InChI is InChI=1S/C13H11ClF2N2O2S/c1-7-4-9(6-11(17)13(7)14)21(19,20)18-12-5-8(15)2-3-10(12)16/h2-6,18H,17H2,1H3. The predicted octanol–water partition coefficient (Wildman–Crippen LogP) is 3.31. The summed E-state index contributed by atoms with van der Waals surface area (Å²) in [7, 11) is -4.11. The second-order valence-corrected chi connectivity index (χ2v) is 6.43. The average molecular weight is 333 g/mol. The molecule has 21 heavy (non-hydrogen) atoms. The molecule has 0 saturated heterocycles. The van der Waals surface area contributed by atoms with E-state index in [1.54, 1.807) is 6.92 Å². The fraction of sp³-hybridized carbons (Fsp3) is 0.0769. The second-order valence-electron chi connectivity index (χ2n) is 4.37. The Morgan fingerprint density at radius 1 is 1.19 bits per heavy atom. The van der Waals surface area contributed by atoms with Crippen LogP contribution in [0.1, 0.15) is 5.56 Å². The van der Waals surface area contributed by atoms with E-state index < -0.39 is 27.3 Å². The summed E-state index contributed by atoms with van der Waals surface area (Å²) < 4.78 is 52.9. The molecule has 2 rings (SSSR count). The Morgan fingerprint density at radius 3 is 2.48 bits per heavy atom. The van der Waals surface area contributed by atoms with Gasteiger partial charge >= 0.3 is 0 Å². The third-order valence-corrected chi connectivity index (χ3v) is 4.60. The number of hydrogen-bond donors (Lipinski definition) is 2. The van der Waals surface area contributed by atoms with Crippen molar-refractivity contribution in [3.8, 4) is 0 Å². The average Bonchev–Trinajstić information content (AvgIpc) is 2.39. The van der Waals surface area contributed by atoms with Crippen LogP contribution in [-0.4, -0.2) is 8.42 Å². The highest BCUT2D eigenvalue weighted by molar-refractivity contribution is 7.92. The molecule has 0 aliphatic heterocycles. The predicted molar refractivity (Wildman–Crippen MR) is 77.8 cm³/mol. The van der Waals surface area contributed by atoms with Crippen molar-refractivity contribution in [3.05, 3.63) is 52.6 Å². The molecule has 8 heteroatoms. The molecule has 0 radical (unpaired) electrons. The summed E-state index contributed by atoms with van der Waals surface area (Å²) in [6.45, 7) is 1.58. The number of nitrogens with two attached hydrogens (primary N) is 1. The number of hydrogen-bond acceptors (Lipinski definition) is 3. The van der Waals surface area contributed by atoms with Crippen LogP contribution in [-0.2, 0) is 10.0 Å². The van der Waals surface area contributed by atoms with Gasteiger partial charge in [-0.15, -0.1) is 0 Å². The van der Waals surface area contributed by atoms with Gasteiger partial charge in [-0.3, -0.25) is 4.72 Å². The molecule has 4 nitrogen and oxygen atoms in total. The van der Waals surface area contributed by atoms with Gasteiger partial charge in [0.25, 0.3) is 10.0 Å². The van der Waals surface area contributed by atoms with Gasteiger partial charge in [0.05, 0.1) is 21.3 Å². The molecule has 2 aromatic rings. The largest absolute Gasteiger partial charge is 0.397 e. The van der Waals surface area contributed by atoms with Crippen LogP contribution in [0, 0.1) is 18.6 Å². The third kappa shape index (κ3) is 3.25. The lowest BCUT2D eigenvalue weighted by Crippen LogP contribution is -2.15. The van der Waals surface area contributed by atoms with E-state index in [9.17, 15) is 17.2 Å². The number of nitrogens with one attached hydrogen (secondary N) is 1. The molecule has 0 atom stereocenters. The number of rotatable bonds is 3. The Kier molecular flexibility index (Phi) is 4.06. The highest BCUT2D eigenvalue weighted by Gasteiger charge is 2.19. The summed E-state index contributed by atoms with van der Waals surface area (Å²) in [5.74, 6) is -1.65. The lowest BCUT2D eigenvalue weighted by molar-refractivity contribution is 0.594. The molecule has 0 unspecified atom stereocenters. The quantitative estimate of drug-likeness (QED) is 0.847. The summed E-state index contributed by atoms with van der Waals surface area (Å²) in [6, 6.07) is 4.90. The first-order valence-corrected chi connectivity index (χ1v) is 7.60. The molecular weight excluding hydrogens is 322 g/mol. The van der Waals surface area contributed by atoms with Crippen LogP contribution in [0.5, 0.6) is 0 Å². The topological polar surface area (TPSA) is 72.2 Å². The molecule has 0 saturated carbocycles. The first kappa shape index (κ1) is 15.5. The Morgan fingerprint density at radius 2 is 1.86 bits per heavy atom. The molecule has 112 valence electrons. The van der Waals surface area contributed by atoms with Crippen LogP contribution in [0.2, 0.25) is 5.02 Å². The molecule has 0 amide bonds. The number of sulfonamides is 1. The molecule has 2 aromatic carbocycles. The summed E-state index contributed by atoms with van der Waals surface area (Å²) in [5, 5.41) is 0.242. The fourth-order valence-corrected chi connectivity index (χ4v) is 2.98. The fourth-order valence-electron chi connectivity index (χ4n) is 1.70. The number of aryl methyl sites for hydroxylation is 1. The number of nitrogen functional groups attached to an aromatic ring is 1. The molecule has 0 aliphatic carbocycles. The molecule has 0 bridgehead atoms. The number of halogens is 3. The van der Waals surface area contributed by atoms with Gasteiger partial charge in [-0.05, 0) is 36.8 Å². The van der Waals surface area contributed by atoms with Gasteiger partial charge < -0.3 is 5.73 Å². The first-order valence-electron chi connectivity index (χ1n) is 5.74. The SMILES string of the molecule is Cc1cc(S(=O)(=O)Nc2cc(F)ccc2F)cc(N)c1Cl. The van der Waals surface area contributed by atoms with E-state index >= 15 is 0 Å². The van der Waals surface area contributed by atoms with Crippen LogP contribution in [0.15, 0.2) is 35.2 Å². The Labute approximate surface area is 125 Å². The van der Waals surface area contributed by atoms with Crippen LogP contribution in [0.3, 0.4) is 0 Å². The van der Waals surface area contributed by atoms with Gasteiger partial charge in [0.15, 0.2) is 0 Å². The van der Waals surface area contributed by atoms with E-state index in [-0.39, 0.29) is 15.6 Å². The molecule has 0 aliphatic rings. The lowest BCUT2D eigenvalue weighted by atomic mass is 10.2. The second kappa shape index (κ2) is 5.50. The molecule has 0 spiro atoms. The van der Waals surface area contributed by atoms with Gasteiger partial charge in [-0.1, -0.05) is 11.6 Å². The van der Waals surface area contributed by atoms with E-state index in [0.29, 0.717) is 5.56 Å². The normalized spacial score (nSPS) is 11.4. The van der Waals surface area contributed by atoms with Gasteiger partial charge in [0.2, 0.25) is 0 Å². The molecular formula is C13H11ClF2N2O2S. The van der Waals surface area contributed by atoms with Crippen LogP contribution in [0.25, 0.3) is 0 Å². The van der Waals surface area contributed by atoms with Crippen LogP contribution in [0.4, 0.5) is 20.2 Å². The molecule has 0 heterocycles. The zero-order valence-electron chi connectivity index (χ0n) is 10.8. The summed E-state index contributed by atoms with van der Waals surface area (Å²) in [5.41, 5.74) is 5.66. The van der Waals surface area contributed by atoms with E-state index in [2.05, 4.69) is 0 Å². The van der Waals surface area contributed by atoms with Crippen molar-refractivity contribution in [1.82, 2.24) is 0 Å². The van der Waals surface area contributed by atoms with Gasteiger partial charge in [-0.2, -0.15) is 0 Å². The Bertz CT molecular complexity index is 787. The Hall–Kier alpha value is -1.86. The van der Waals surface area contributed by atoms with E-state index in [1.165, 1.54) is 6.07 Å². The van der Waals surface area contributed by atoms with Crippen molar-refractivity contribution in [2.45, 2.75) is 11.8 Å². The smallest absolute Gasteiger partial charge is 0.262 e. The van der Waals surface area contributed by atoms with E-state index in [1.807, 2.05) is 4.72 Å². The van der Waals surface area contributed by atoms with Crippen molar-refractivity contribution in [2.75, 3.05) is 10.5 Å². The van der Waals surface area contributed by atoms with Crippen molar-refractivity contribution < 1.29 is 17.2 Å². The maximum Gasteiger partial charge on any atom is 0.262 e. The van der Waals surface area contributed by atoms with E-state index in [4.69, 9.17) is 17.3 Å². The summed E-state index contributed by atoms with van der Waals surface area (Å²) in [4.78, 5) is -0.189. The summed E-state index contributed by atoms with van der Waals surface area (Å²) in [6.07, 6.45) is 0. The molecule has 0 aromatic heterocycles. The highest BCUT2D eigenvalue weighted by atomic mass is 35.5. The van der Waals surface area contributed by atoms with Crippen molar-refractivity contribution in [3.63, 3.8) is 0 Å². The first-order chi connectivity index (χ1) is 9.70. The minimum atomic E-state index is -4.11. The van der Waals surface area contributed by atoms with Gasteiger partial charge in [0.1, 0.15) is 11.6 Å². The highest BCUT2D eigenvalue weighted by Crippen LogP contribution is 2.28.